The number of benzene rings is 1. The van der Waals surface area contributed by atoms with Crippen LogP contribution in [0.3, 0.4) is 0 Å². The van der Waals surface area contributed by atoms with Crippen LogP contribution in [0.5, 0.6) is 0 Å². The largest absolute Gasteiger partial charge is 0.418 e. The topological polar surface area (TPSA) is 60.4 Å². The van der Waals surface area contributed by atoms with Gasteiger partial charge in [0.15, 0.2) is 0 Å². The Morgan fingerprint density at radius 3 is 2.49 bits per heavy atom. The Hall–Kier alpha value is -3.47. The molecule has 4 aromatic rings. The number of nitrogens with zero attached hydrogens (tertiary/aromatic N) is 6. The second-order valence-electron chi connectivity index (χ2n) is 10.8. The Morgan fingerprint density at radius 2 is 1.87 bits per heavy atom. The Bertz CT molecular complexity index is 1570. The van der Waals surface area contributed by atoms with Crippen molar-refractivity contribution in [3.8, 4) is 5.69 Å². The first-order valence-corrected chi connectivity index (χ1v) is 13.3. The van der Waals surface area contributed by atoms with Crippen molar-refractivity contribution < 1.29 is 17.6 Å². The second kappa shape index (κ2) is 9.62. The van der Waals surface area contributed by atoms with Crippen LogP contribution in [0.25, 0.3) is 11.2 Å². The molecule has 11 heteroatoms. The summed E-state index contributed by atoms with van der Waals surface area (Å²) in [6, 6.07) is 8.00. The van der Waals surface area contributed by atoms with Gasteiger partial charge in [0.25, 0.3) is 0 Å². The SMILES string of the molecule is C[C@H](c1cc(C(F)(F)F)c2cn(-c3cccc([C@H](c4nncn4C)C4CCC4)c3)c(=O)n2c1)N1CC[C@H](F)C1. The lowest BCUT2D eigenvalue weighted by molar-refractivity contribution is -0.136. The first-order chi connectivity index (χ1) is 18.6. The average Bonchev–Trinajstić information content (AvgIpc) is 3.58. The molecule has 0 bridgehead atoms. The van der Waals surface area contributed by atoms with Gasteiger partial charge in [0.1, 0.15) is 18.3 Å². The summed E-state index contributed by atoms with van der Waals surface area (Å²) in [4.78, 5) is 15.4. The average molecular weight is 543 g/mol. The summed E-state index contributed by atoms with van der Waals surface area (Å²) >= 11 is 0. The molecule has 2 aliphatic rings. The highest BCUT2D eigenvalue weighted by Crippen LogP contribution is 2.43. The van der Waals surface area contributed by atoms with E-state index in [1.807, 2.05) is 34.7 Å². The minimum atomic E-state index is -4.67. The molecule has 2 fully saturated rings. The number of likely N-dealkylation sites (tertiary alicyclic amines) is 1. The summed E-state index contributed by atoms with van der Waals surface area (Å²) < 4.78 is 60.7. The second-order valence-corrected chi connectivity index (χ2v) is 10.8. The van der Waals surface area contributed by atoms with E-state index in [1.165, 1.54) is 17.0 Å². The fourth-order valence-corrected chi connectivity index (χ4v) is 6.00. The molecule has 0 N–H and O–H groups in total. The van der Waals surface area contributed by atoms with Crippen molar-refractivity contribution in [2.75, 3.05) is 13.1 Å². The van der Waals surface area contributed by atoms with Gasteiger partial charge in [-0.25, -0.2) is 9.18 Å². The van der Waals surface area contributed by atoms with Crippen molar-refractivity contribution in [2.24, 2.45) is 13.0 Å². The van der Waals surface area contributed by atoms with Crippen LogP contribution in [0.2, 0.25) is 0 Å². The number of fused-ring (bicyclic) bond motifs is 1. The minimum absolute atomic E-state index is 0.0306. The molecule has 7 nitrogen and oxygen atoms in total. The lowest BCUT2D eigenvalue weighted by Crippen LogP contribution is -2.26. The summed E-state index contributed by atoms with van der Waals surface area (Å²) in [5, 5.41) is 8.38. The van der Waals surface area contributed by atoms with Crippen LogP contribution >= 0.6 is 0 Å². The standard InChI is InChI=1S/C28H30F4N6O/c1-17(36-10-9-21(29)14-36)20-12-23(28(30,31)32)24-15-37(27(39)38(24)13-20)22-8-4-7-19(11-22)25(18-5-3-6-18)26-34-33-16-35(26)2/h4,7-8,11-13,15-18,21,25H,3,5-6,9-10,14H2,1-2H3/t17-,21+,25-/m1/s1. The molecule has 0 unspecified atom stereocenters. The molecule has 1 saturated carbocycles. The maximum atomic E-state index is 14.2. The zero-order valence-electron chi connectivity index (χ0n) is 21.8. The summed E-state index contributed by atoms with van der Waals surface area (Å²) in [5.74, 6) is 1.17. The summed E-state index contributed by atoms with van der Waals surface area (Å²) in [6.45, 7) is 2.37. The van der Waals surface area contributed by atoms with Gasteiger partial charge in [0.2, 0.25) is 0 Å². The van der Waals surface area contributed by atoms with Gasteiger partial charge >= 0.3 is 11.9 Å². The molecule has 1 aliphatic heterocycles. The van der Waals surface area contributed by atoms with E-state index in [4.69, 9.17) is 0 Å². The minimum Gasteiger partial charge on any atom is -0.320 e. The molecular formula is C28H30F4N6O. The number of aromatic nitrogens is 5. The molecule has 6 rings (SSSR count). The van der Waals surface area contributed by atoms with Gasteiger partial charge in [-0.2, -0.15) is 13.2 Å². The van der Waals surface area contributed by atoms with Crippen LogP contribution in [0.4, 0.5) is 17.6 Å². The Morgan fingerprint density at radius 1 is 1.08 bits per heavy atom. The van der Waals surface area contributed by atoms with E-state index < -0.39 is 29.6 Å². The molecule has 3 aromatic heterocycles. The Labute approximate surface area is 222 Å². The Kier molecular flexibility index (Phi) is 6.36. The fourth-order valence-electron chi connectivity index (χ4n) is 6.00. The third kappa shape index (κ3) is 4.56. The number of halogens is 4. The molecule has 4 heterocycles. The smallest absolute Gasteiger partial charge is 0.320 e. The van der Waals surface area contributed by atoms with Crippen LogP contribution < -0.4 is 5.69 Å². The number of pyridine rings is 1. The number of hydrogen-bond donors (Lipinski definition) is 0. The normalized spacial score (nSPS) is 20.4. The van der Waals surface area contributed by atoms with Crippen LogP contribution in [0, 0.1) is 5.92 Å². The molecule has 0 radical (unpaired) electrons. The van der Waals surface area contributed by atoms with E-state index in [2.05, 4.69) is 10.2 Å². The number of imidazole rings is 1. The van der Waals surface area contributed by atoms with E-state index in [0.717, 1.165) is 41.1 Å². The van der Waals surface area contributed by atoms with Gasteiger partial charge in [0.05, 0.1) is 16.8 Å². The third-order valence-electron chi connectivity index (χ3n) is 8.44. The van der Waals surface area contributed by atoms with Gasteiger partial charge in [-0.05, 0) is 61.4 Å². The number of rotatable bonds is 6. The lowest BCUT2D eigenvalue weighted by Gasteiger charge is -2.33. The van der Waals surface area contributed by atoms with E-state index in [0.29, 0.717) is 30.1 Å². The van der Waals surface area contributed by atoms with Gasteiger partial charge in [-0.15, -0.1) is 10.2 Å². The van der Waals surface area contributed by atoms with Crippen molar-refractivity contribution in [3.05, 3.63) is 82.1 Å². The number of alkyl halides is 4. The van der Waals surface area contributed by atoms with Gasteiger partial charge in [0, 0.05) is 44.5 Å². The van der Waals surface area contributed by atoms with Crippen LogP contribution in [0.15, 0.2) is 53.8 Å². The predicted octanol–water partition coefficient (Wildman–Crippen LogP) is 5.27. The predicted molar refractivity (Wildman–Crippen MR) is 138 cm³/mol. The third-order valence-corrected chi connectivity index (χ3v) is 8.44. The first-order valence-electron chi connectivity index (χ1n) is 13.3. The van der Waals surface area contributed by atoms with Crippen molar-refractivity contribution >= 4 is 5.52 Å². The van der Waals surface area contributed by atoms with E-state index in [9.17, 15) is 22.4 Å². The maximum absolute atomic E-state index is 14.2. The highest BCUT2D eigenvalue weighted by Gasteiger charge is 2.36. The molecular weight excluding hydrogens is 512 g/mol. The van der Waals surface area contributed by atoms with Crippen molar-refractivity contribution in [1.29, 1.82) is 0 Å². The fraction of sp³-hybridized carbons (Fsp3) is 0.464. The Balaban J connectivity index is 1.45. The molecule has 3 atom stereocenters. The first kappa shape index (κ1) is 25.8. The van der Waals surface area contributed by atoms with Crippen LogP contribution in [-0.2, 0) is 13.2 Å². The maximum Gasteiger partial charge on any atom is 0.418 e. The molecule has 0 amide bonds. The molecule has 1 saturated heterocycles. The summed E-state index contributed by atoms with van der Waals surface area (Å²) in [5.41, 5.74) is 0.0461. The van der Waals surface area contributed by atoms with Crippen LogP contribution in [-0.4, -0.2) is 47.9 Å². The zero-order valence-corrected chi connectivity index (χ0v) is 21.8. The highest BCUT2D eigenvalue weighted by atomic mass is 19.4. The number of aryl methyl sites for hydroxylation is 1. The molecule has 0 spiro atoms. The van der Waals surface area contributed by atoms with Gasteiger partial charge in [-0.3, -0.25) is 13.9 Å². The monoisotopic (exact) mass is 542 g/mol. The summed E-state index contributed by atoms with van der Waals surface area (Å²) in [7, 11) is 1.89. The lowest BCUT2D eigenvalue weighted by atomic mass is 9.72. The van der Waals surface area contributed by atoms with Gasteiger partial charge in [-0.1, -0.05) is 18.6 Å². The molecule has 206 valence electrons. The molecule has 1 aromatic carbocycles. The van der Waals surface area contributed by atoms with Crippen LogP contribution in [0.1, 0.15) is 67.1 Å². The van der Waals surface area contributed by atoms with Gasteiger partial charge < -0.3 is 4.57 Å². The quantitative estimate of drug-likeness (QED) is 0.312. The zero-order chi connectivity index (χ0) is 27.5. The summed E-state index contributed by atoms with van der Waals surface area (Å²) in [6.07, 6.45) is 2.28. The van der Waals surface area contributed by atoms with E-state index in [1.54, 1.807) is 19.3 Å². The van der Waals surface area contributed by atoms with Crippen molar-refractivity contribution in [3.63, 3.8) is 0 Å². The molecule has 39 heavy (non-hydrogen) atoms. The van der Waals surface area contributed by atoms with Crippen molar-refractivity contribution in [1.82, 2.24) is 28.6 Å². The van der Waals surface area contributed by atoms with E-state index in [-0.39, 0.29) is 18.0 Å². The molecule has 1 aliphatic carbocycles. The number of hydrogen-bond acceptors (Lipinski definition) is 4. The van der Waals surface area contributed by atoms with Crippen molar-refractivity contribution in [2.45, 2.75) is 56.9 Å². The van der Waals surface area contributed by atoms with E-state index >= 15 is 0 Å². The highest BCUT2D eigenvalue weighted by molar-refractivity contribution is 5.58.